The van der Waals surface area contributed by atoms with Crippen molar-refractivity contribution >= 4 is 21.8 Å². The average molecular weight is 341 g/mol. The van der Waals surface area contributed by atoms with Crippen molar-refractivity contribution in [3.8, 4) is 0 Å². The highest BCUT2D eigenvalue weighted by molar-refractivity contribution is 9.10. The van der Waals surface area contributed by atoms with Gasteiger partial charge in [-0.3, -0.25) is 14.4 Å². The number of amides is 1. The van der Waals surface area contributed by atoms with Gasteiger partial charge in [-0.05, 0) is 41.6 Å². The Hall–Kier alpha value is -0.880. The third-order valence-corrected chi connectivity index (χ3v) is 5.02. The zero-order valence-corrected chi connectivity index (χ0v) is 13.4. The Bertz CT molecular complexity index is 481. The second kappa shape index (κ2) is 5.85. The molecule has 1 aromatic heterocycles. The van der Waals surface area contributed by atoms with Crippen LogP contribution in [0.5, 0.6) is 0 Å². The third-order valence-electron chi connectivity index (χ3n) is 4.61. The molecule has 0 unspecified atom stereocenters. The quantitative estimate of drug-likeness (QED) is 0.825. The van der Waals surface area contributed by atoms with Crippen molar-refractivity contribution in [2.45, 2.75) is 37.8 Å². The Balaban J connectivity index is 1.55. The topological polar surface area (TPSA) is 41.4 Å². The highest BCUT2D eigenvalue weighted by atomic mass is 79.9. The molecule has 1 amide bonds. The minimum atomic E-state index is 0.259. The Kier molecular flexibility index (Phi) is 4.12. The largest absolute Gasteiger partial charge is 0.343 e. The molecular formula is C14H21BrN4O. The number of likely N-dealkylation sites (N-methyl/N-ethyl adjacent to an activating group) is 1. The van der Waals surface area contributed by atoms with Gasteiger partial charge in [0.1, 0.15) is 0 Å². The second-order valence-corrected chi connectivity index (χ2v) is 6.80. The van der Waals surface area contributed by atoms with Crippen molar-refractivity contribution in [1.82, 2.24) is 19.6 Å². The Labute approximate surface area is 128 Å². The van der Waals surface area contributed by atoms with E-state index in [9.17, 15) is 4.79 Å². The van der Waals surface area contributed by atoms with Gasteiger partial charge < -0.3 is 4.90 Å². The van der Waals surface area contributed by atoms with Gasteiger partial charge in [0.05, 0.1) is 23.3 Å². The van der Waals surface area contributed by atoms with Crippen LogP contribution in [0.25, 0.3) is 0 Å². The van der Waals surface area contributed by atoms with Crippen LogP contribution < -0.4 is 0 Å². The smallest absolute Gasteiger partial charge is 0.236 e. The lowest BCUT2D eigenvalue weighted by Crippen LogP contribution is -2.52. The highest BCUT2D eigenvalue weighted by Gasteiger charge is 2.30. The van der Waals surface area contributed by atoms with E-state index in [2.05, 4.69) is 36.8 Å². The van der Waals surface area contributed by atoms with E-state index in [0.29, 0.717) is 18.6 Å². The lowest BCUT2D eigenvalue weighted by Gasteiger charge is -2.40. The summed E-state index contributed by atoms with van der Waals surface area (Å²) in [7, 11) is 1.89. The van der Waals surface area contributed by atoms with Gasteiger partial charge in [-0.2, -0.15) is 5.10 Å². The first-order valence-corrected chi connectivity index (χ1v) is 8.10. The number of halogens is 1. The summed E-state index contributed by atoms with van der Waals surface area (Å²) in [5, 5.41) is 4.39. The van der Waals surface area contributed by atoms with Crippen LogP contribution in [-0.2, 0) is 4.79 Å². The molecule has 0 atom stereocenters. The zero-order valence-electron chi connectivity index (χ0n) is 11.8. The van der Waals surface area contributed by atoms with Gasteiger partial charge in [0.2, 0.25) is 5.91 Å². The van der Waals surface area contributed by atoms with Crippen molar-refractivity contribution in [1.29, 1.82) is 0 Å². The van der Waals surface area contributed by atoms with E-state index in [1.165, 1.54) is 12.8 Å². The van der Waals surface area contributed by atoms with E-state index in [0.717, 1.165) is 30.4 Å². The normalized spacial score (nSPS) is 28.9. The van der Waals surface area contributed by atoms with Crippen LogP contribution in [0.3, 0.4) is 0 Å². The van der Waals surface area contributed by atoms with E-state index in [-0.39, 0.29) is 5.91 Å². The Morgan fingerprint density at radius 2 is 1.90 bits per heavy atom. The van der Waals surface area contributed by atoms with Crippen LogP contribution in [0, 0.1) is 0 Å². The number of piperazine rings is 1. The summed E-state index contributed by atoms with van der Waals surface area (Å²) >= 11 is 3.45. The summed E-state index contributed by atoms with van der Waals surface area (Å²) in [6.07, 6.45) is 8.55. The average Bonchev–Trinajstić information content (AvgIpc) is 2.89. The number of carbonyl (C=O) groups is 1. The van der Waals surface area contributed by atoms with Crippen molar-refractivity contribution in [2.75, 3.05) is 26.7 Å². The van der Waals surface area contributed by atoms with Crippen LogP contribution in [-0.4, -0.2) is 58.2 Å². The summed E-state index contributed by atoms with van der Waals surface area (Å²) in [6, 6.07) is 1.09. The zero-order chi connectivity index (χ0) is 14.1. The molecule has 1 aliphatic carbocycles. The molecule has 110 valence electrons. The summed E-state index contributed by atoms with van der Waals surface area (Å²) < 4.78 is 3.12. The van der Waals surface area contributed by atoms with E-state index in [1.807, 2.05) is 18.1 Å². The summed E-state index contributed by atoms with van der Waals surface area (Å²) in [4.78, 5) is 16.0. The predicted octanol–water partition coefficient (Wildman–Crippen LogP) is 1.90. The molecule has 0 aromatic carbocycles. The molecule has 6 heteroatoms. The fourth-order valence-corrected chi connectivity index (χ4v) is 3.59. The molecule has 0 radical (unpaired) electrons. The van der Waals surface area contributed by atoms with E-state index >= 15 is 0 Å². The summed E-state index contributed by atoms with van der Waals surface area (Å²) in [5.41, 5.74) is 0. The van der Waals surface area contributed by atoms with Crippen LogP contribution >= 0.6 is 15.9 Å². The van der Waals surface area contributed by atoms with Crippen molar-refractivity contribution < 1.29 is 4.79 Å². The summed E-state index contributed by atoms with van der Waals surface area (Å²) in [6.45, 7) is 2.48. The molecule has 5 nitrogen and oxygen atoms in total. The Morgan fingerprint density at radius 1 is 1.20 bits per heavy atom. The monoisotopic (exact) mass is 340 g/mol. The molecule has 2 aliphatic rings. The SMILES string of the molecule is CN1CCN([C@H]2CC[C@H](n3cc(Br)cn3)CC2)CC1=O. The fraction of sp³-hybridized carbons (Fsp3) is 0.714. The molecule has 3 rings (SSSR count). The van der Waals surface area contributed by atoms with Crippen molar-refractivity contribution in [2.24, 2.45) is 0 Å². The predicted molar refractivity (Wildman–Crippen MR) is 80.4 cm³/mol. The standard InChI is InChI=1S/C14H21BrN4O/c1-17-6-7-18(10-14(17)20)12-2-4-13(5-3-12)19-9-11(15)8-16-19/h8-9,12-13H,2-7,10H2,1H3/t12-,13-. The molecule has 0 N–H and O–H groups in total. The van der Waals surface area contributed by atoms with Gasteiger partial charge >= 0.3 is 0 Å². The number of hydrogen-bond donors (Lipinski definition) is 0. The lowest BCUT2D eigenvalue weighted by atomic mass is 9.90. The molecule has 1 aliphatic heterocycles. The van der Waals surface area contributed by atoms with Crippen LogP contribution in [0.2, 0.25) is 0 Å². The molecule has 1 aromatic rings. The van der Waals surface area contributed by atoms with Gasteiger partial charge in [0.15, 0.2) is 0 Å². The first-order chi connectivity index (χ1) is 9.63. The molecule has 0 spiro atoms. The number of rotatable bonds is 2. The lowest BCUT2D eigenvalue weighted by molar-refractivity contribution is -0.135. The van der Waals surface area contributed by atoms with Crippen molar-refractivity contribution in [3.63, 3.8) is 0 Å². The van der Waals surface area contributed by atoms with E-state index in [1.54, 1.807) is 0 Å². The number of hydrogen-bond acceptors (Lipinski definition) is 3. The van der Waals surface area contributed by atoms with Crippen molar-refractivity contribution in [3.05, 3.63) is 16.9 Å². The van der Waals surface area contributed by atoms with Gasteiger partial charge in [-0.15, -0.1) is 0 Å². The first kappa shape index (κ1) is 14.1. The van der Waals surface area contributed by atoms with Crippen LogP contribution in [0.1, 0.15) is 31.7 Å². The van der Waals surface area contributed by atoms with Gasteiger partial charge in [-0.1, -0.05) is 0 Å². The maximum Gasteiger partial charge on any atom is 0.236 e. The molecule has 2 fully saturated rings. The van der Waals surface area contributed by atoms with Crippen LogP contribution in [0.15, 0.2) is 16.9 Å². The molecule has 1 saturated heterocycles. The van der Waals surface area contributed by atoms with Crippen LogP contribution in [0.4, 0.5) is 0 Å². The minimum Gasteiger partial charge on any atom is -0.343 e. The number of aromatic nitrogens is 2. The third kappa shape index (κ3) is 2.91. The first-order valence-electron chi connectivity index (χ1n) is 7.31. The van der Waals surface area contributed by atoms with Gasteiger partial charge in [0, 0.05) is 32.4 Å². The maximum atomic E-state index is 11.8. The summed E-state index contributed by atoms with van der Waals surface area (Å²) in [5.74, 6) is 0.259. The molecule has 1 saturated carbocycles. The van der Waals surface area contributed by atoms with Gasteiger partial charge in [0.25, 0.3) is 0 Å². The second-order valence-electron chi connectivity index (χ2n) is 5.89. The van der Waals surface area contributed by atoms with E-state index < -0.39 is 0 Å². The minimum absolute atomic E-state index is 0.259. The highest BCUT2D eigenvalue weighted by Crippen LogP contribution is 2.31. The number of nitrogens with zero attached hydrogens (tertiary/aromatic N) is 4. The molecule has 20 heavy (non-hydrogen) atoms. The molecular weight excluding hydrogens is 320 g/mol. The maximum absolute atomic E-state index is 11.8. The molecule has 0 bridgehead atoms. The molecule has 2 heterocycles. The Morgan fingerprint density at radius 3 is 2.50 bits per heavy atom. The van der Waals surface area contributed by atoms with E-state index in [4.69, 9.17) is 0 Å². The number of carbonyl (C=O) groups excluding carboxylic acids is 1. The fourth-order valence-electron chi connectivity index (χ4n) is 3.29. The van der Waals surface area contributed by atoms with Gasteiger partial charge in [-0.25, -0.2) is 0 Å².